The van der Waals surface area contributed by atoms with Crippen molar-refractivity contribution in [2.75, 3.05) is 26.3 Å². The van der Waals surface area contributed by atoms with Gasteiger partial charge < -0.3 is 10.1 Å². The second-order valence-corrected chi connectivity index (χ2v) is 4.57. The molecular formula is C13H19N3O2. The Balaban J connectivity index is 1.62. The first kappa shape index (κ1) is 13.1. The largest absolute Gasteiger partial charge is 0.373 e. The van der Waals surface area contributed by atoms with Crippen molar-refractivity contribution < 1.29 is 9.53 Å². The summed E-state index contributed by atoms with van der Waals surface area (Å²) in [7, 11) is 0. The van der Waals surface area contributed by atoms with Crippen LogP contribution in [0.15, 0.2) is 18.6 Å². The molecule has 1 unspecified atom stereocenters. The van der Waals surface area contributed by atoms with Gasteiger partial charge in [0.1, 0.15) is 12.3 Å². The second kappa shape index (κ2) is 7.18. The van der Waals surface area contributed by atoms with Crippen LogP contribution in [0.5, 0.6) is 0 Å². The minimum atomic E-state index is -0.107. The fourth-order valence-electron chi connectivity index (χ4n) is 2.10. The first-order chi connectivity index (χ1) is 8.86. The van der Waals surface area contributed by atoms with Gasteiger partial charge in [0.25, 0.3) is 0 Å². The van der Waals surface area contributed by atoms with Crippen LogP contribution in [0, 0.1) is 5.92 Å². The van der Waals surface area contributed by atoms with E-state index in [1.807, 2.05) is 0 Å². The van der Waals surface area contributed by atoms with E-state index in [0.29, 0.717) is 18.2 Å². The number of ketones is 1. The van der Waals surface area contributed by atoms with E-state index >= 15 is 0 Å². The lowest BCUT2D eigenvalue weighted by Gasteiger charge is -2.22. The van der Waals surface area contributed by atoms with Crippen molar-refractivity contribution in [2.24, 2.45) is 5.92 Å². The average Bonchev–Trinajstić information content (AvgIpc) is 2.45. The number of nitrogens with zero attached hydrogens (tertiary/aromatic N) is 2. The third-order valence-corrected chi connectivity index (χ3v) is 3.15. The molecule has 5 heteroatoms. The van der Waals surface area contributed by atoms with Gasteiger partial charge in [0.05, 0.1) is 6.20 Å². The number of piperidine rings is 1. The zero-order valence-corrected chi connectivity index (χ0v) is 10.5. The zero-order valence-electron chi connectivity index (χ0n) is 10.5. The molecule has 1 atom stereocenters. The molecule has 1 aliphatic rings. The van der Waals surface area contributed by atoms with E-state index in [2.05, 4.69) is 15.3 Å². The third-order valence-electron chi connectivity index (χ3n) is 3.15. The van der Waals surface area contributed by atoms with E-state index in [9.17, 15) is 4.79 Å². The van der Waals surface area contributed by atoms with Gasteiger partial charge in [-0.15, -0.1) is 0 Å². The number of carbonyl (C=O) groups excluding carboxylic acids is 1. The lowest BCUT2D eigenvalue weighted by atomic mass is 9.97. The maximum absolute atomic E-state index is 11.7. The van der Waals surface area contributed by atoms with Gasteiger partial charge >= 0.3 is 0 Å². The summed E-state index contributed by atoms with van der Waals surface area (Å²) in [5.74, 6) is 0.579. The molecular weight excluding hydrogens is 230 g/mol. The highest BCUT2D eigenvalue weighted by Crippen LogP contribution is 2.13. The highest BCUT2D eigenvalue weighted by atomic mass is 16.5. The van der Waals surface area contributed by atoms with Crippen LogP contribution in [0.4, 0.5) is 0 Å². The van der Waals surface area contributed by atoms with Crippen molar-refractivity contribution in [3.63, 3.8) is 0 Å². The highest BCUT2D eigenvalue weighted by Gasteiger charge is 2.13. The molecule has 0 saturated carbocycles. The molecule has 0 aliphatic carbocycles. The summed E-state index contributed by atoms with van der Waals surface area (Å²) in [6, 6.07) is 0. The number of hydrogen-bond donors (Lipinski definition) is 1. The summed E-state index contributed by atoms with van der Waals surface area (Å²) < 4.78 is 5.41. The SMILES string of the molecule is O=C(COCCC1CCCNC1)c1cnccn1. The molecule has 1 fully saturated rings. The van der Waals surface area contributed by atoms with Gasteiger partial charge in [0, 0.05) is 19.0 Å². The number of hydrogen-bond acceptors (Lipinski definition) is 5. The van der Waals surface area contributed by atoms with Crippen LogP contribution >= 0.6 is 0 Å². The average molecular weight is 249 g/mol. The lowest BCUT2D eigenvalue weighted by Crippen LogP contribution is -2.30. The van der Waals surface area contributed by atoms with Crippen molar-refractivity contribution in [3.05, 3.63) is 24.3 Å². The predicted molar refractivity (Wildman–Crippen MR) is 67.4 cm³/mol. The van der Waals surface area contributed by atoms with Gasteiger partial charge in [-0.2, -0.15) is 0 Å². The van der Waals surface area contributed by atoms with E-state index in [0.717, 1.165) is 19.5 Å². The van der Waals surface area contributed by atoms with E-state index in [4.69, 9.17) is 4.74 Å². The molecule has 0 bridgehead atoms. The molecule has 1 aromatic rings. The first-order valence-electron chi connectivity index (χ1n) is 6.44. The Morgan fingerprint density at radius 1 is 1.50 bits per heavy atom. The van der Waals surface area contributed by atoms with Crippen LogP contribution in [0.1, 0.15) is 29.8 Å². The molecule has 0 spiro atoms. The molecule has 0 radical (unpaired) electrons. The quantitative estimate of drug-likeness (QED) is 0.603. The molecule has 5 nitrogen and oxygen atoms in total. The van der Waals surface area contributed by atoms with Gasteiger partial charge in [-0.05, 0) is 38.3 Å². The van der Waals surface area contributed by atoms with Crippen molar-refractivity contribution >= 4 is 5.78 Å². The topological polar surface area (TPSA) is 64.1 Å². The standard InChI is InChI=1S/C13H19N3O2/c17-13(12-9-15-5-6-16-12)10-18-7-3-11-2-1-4-14-8-11/h5-6,9,11,14H,1-4,7-8,10H2. The van der Waals surface area contributed by atoms with Crippen LogP contribution in [-0.2, 0) is 4.74 Å². The molecule has 0 amide bonds. The Labute approximate surface area is 107 Å². The number of aromatic nitrogens is 2. The minimum absolute atomic E-state index is 0.0961. The van der Waals surface area contributed by atoms with Crippen molar-refractivity contribution in [1.82, 2.24) is 15.3 Å². The fourth-order valence-corrected chi connectivity index (χ4v) is 2.10. The Morgan fingerprint density at radius 2 is 2.44 bits per heavy atom. The van der Waals surface area contributed by atoms with E-state index in [1.54, 1.807) is 6.20 Å². The highest BCUT2D eigenvalue weighted by molar-refractivity contribution is 5.94. The van der Waals surface area contributed by atoms with Gasteiger partial charge in [0.15, 0.2) is 0 Å². The van der Waals surface area contributed by atoms with Crippen LogP contribution < -0.4 is 5.32 Å². The molecule has 1 aliphatic heterocycles. The van der Waals surface area contributed by atoms with E-state index in [1.165, 1.54) is 25.2 Å². The van der Waals surface area contributed by atoms with E-state index in [-0.39, 0.29) is 12.4 Å². The number of ether oxygens (including phenoxy) is 1. The smallest absolute Gasteiger partial charge is 0.208 e. The van der Waals surface area contributed by atoms with Crippen molar-refractivity contribution in [2.45, 2.75) is 19.3 Å². The summed E-state index contributed by atoms with van der Waals surface area (Å²) >= 11 is 0. The maximum atomic E-state index is 11.7. The number of carbonyl (C=O) groups is 1. The third kappa shape index (κ3) is 4.16. The van der Waals surface area contributed by atoms with Gasteiger partial charge in [-0.1, -0.05) is 0 Å². The normalized spacial score (nSPS) is 19.7. The molecule has 0 aromatic carbocycles. The van der Waals surface area contributed by atoms with Gasteiger partial charge in [0.2, 0.25) is 5.78 Å². The Kier molecular flexibility index (Phi) is 5.23. The zero-order chi connectivity index (χ0) is 12.6. The summed E-state index contributed by atoms with van der Waals surface area (Å²) in [5.41, 5.74) is 0.372. The Bertz CT molecular complexity index is 364. The summed E-state index contributed by atoms with van der Waals surface area (Å²) in [5, 5.41) is 3.37. The maximum Gasteiger partial charge on any atom is 0.208 e. The first-order valence-corrected chi connectivity index (χ1v) is 6.44. The molecule has 1 aromatic heterocycles. The Morgan fingerprint density at radius 3 is 3.17 bits per heavy atom. The molecule has 1 N–H and O–H groups in total. The summed E-state index contributed by atoms with van der Waals surface area (Å²) in [4.78, 5) is 19.5. The number of nitrogens with one attached hydrogen (secondary N) is 1. The molecule has 98 valence electrons. The number of rotatable bonds is 6. The molecule has 2 rings (SSSR count). The number of Topliss-reactive ketones (excluding diaryl/α,β-unsaturated/α-hetero) is 1. The van der Waals surface area contributed by atoms with Crippen LogP contribution in [0.25, 0.3) is 0 Å². The fraction of sp³-hybridized carbons (Fsp3) is 0.615. The van der Waals surface area contributed by atoms with Gasteiger partial charge in [-0.25, -0.2) is 4.98 Å². The van der Waals surface area contributed by atoms with Crippen molar-refractivity contribution in [1.29, 1.82) is 0 Å². The molecule has 1 saturated heterocycles. The second-order valence-electron chi connectivity index (χ2n) is 4.57. The summed E-state index contributed by atoms with van der Waals surface area (Å²) in [6.07, 6.45) is 8.05. The predicted octanol–water partition coefficient (Wildman–Crippen LogP) is 1.07. The monoisotopic (exact) mass is 249 g/mol. The van der Waals surface area contributed by atoms with Crippen molar-refractivity contribution in [3.8, 4) is 0 Å². The minimum Gasteiger partial charge on any atom is -0.373 e. The van der Waals surface area contributed by atoms with Crippen LogP contribution in [0.3, 0.4) is 0 Å². The van der Waals surface area contributed by atoms with Crippen LogP contribution in [-0.4, -0.2) is 42.1 Å². The summed E-state index contributed by atoms with van der Waals surface area (Å²) in [6.45, 7) is 2.93. The molecule has 18 heavy (non-hydrogen) atoms. The van der Waals surface area contributed by atoms with E-state index < -0.39 is 0 Å². The molecule has 2 heterocycles. The van der Waals surface area contributed by atoms with Gasteiger partial charge in [-0.3, -0.25) is 9.78 Å². The Hall–Kier alpha value is -1.33. The lowest BCUT2D eigenvalue weighted by molar-refractivity contribution is 0.0720. The van der Waals surface area contributed by atoms with Crippen LogP contribution in [0.2, 0.25) is 0 Å².